The number of sulfonamides is 1. The molecule has 7 heteroatoms. The molecule has 0 radical (unpaired) electrons. The van der Waals surface area contributed by atoms with Gasteiger partial charge in [0.2, 0.25) is 10.0 Å². The molecule has 1 aromatic carbocycles. The zero-order chi connectivity index (χ0) is 15.9. The van der Waals surface area contributed by atoms with E-state index in [1.54, 1.807) is 12.1 Å². The standard InChI is InChI=1S/C14H19NO5S/c1-3-12(10-20-2)15-21(18,19)13-6-4-5-11(9-13)7-8-14(16)17/h4-9,12,15H,3,10H2,1-2H3,(H,16,17). The molecule has 0 amide bonds. The lowest BCUT2D eigenvalue weighted by atomic mass is 10.2. The maximum atomic E-state index is 12.3. The van der Waals surface area contributed by atoms with Gasteiger partial charge in [0.05, 0.1) is 11.5 Å². The van der Waals surface area contributed by atoms with Gasteiger partial charge in [-0.3, -0.25) is 0 Å². The van der Waals surface area contributed by atoms with Gasteiger partial charge in [0.25, 0.3) is 0 Å². The average Bonchev–Trinajstić information content (AvgIpc) is 2.44. The predicted molar refractivity (Wildman–Crippen MR) is 79.4 cm³/mol. The molecule has 0 aliphatic heterocycles. The first-order chi connectivity index (χ1) is 9.89. The van der Waals surface area contributed by atoms with Crippen LogP contribution in [0, 0.1) is 0 Å². The molecule has 0 bridgehead atoms. The molecule has 0 aromatic heterocycles. The second-order valence-corrected chi connectivity index (χ2v) is 6.14. The van der Waals surface area contributed by atoms with Crippen LogP contribution in [0.4, 0.5) is 0 Å². The van der Waals surface area contributed by atoms with Gasteiger partial charge in [0, 0.05) is 19.2 Å². The molecule has 116 valence electrons. The van der Waals surface area contributed by atoms with Crippen molar-refractivity contribution in [3.8, 4) is 0 Å². The van der Waals surface area contributed by atoms with Crippen LogP contribution < -0.4 is 4.72 Å². The normalized spacial score (nSPS) is 13.4. The SMILES string of the molecule is CCC(COC)NS(=O)(=O)c1cccc(C=CC(=O)O)c1. The third-order valence-corrected chi connectivity index (χ3v) is 4.29. The van der Waals surface area contributed by atoms with E-state index < -0.39 is 16.0 Å². The van der Waals surface area contributed by atoms with E-state index in [1.165, 1.54) is 25.3 Å². The van der Waals surface area contributed by atoms with Crippen LogP contribution in [-0.4, -0.2) is 39.3 Å². The largest absolute Gasteiger partial charge is 0.478 e. The summed E-state index contributed by atoms with van der Waals surface area (Å²) in [6.45, 7) is 2.15. The lowest BCUT2D eigenvalue weighted by Crippen LogP contribution is -2.37. The quantitative estimate of drug-likeness (QED) is 0.709. The molecule has 1 aromatic rings. The predicted octanol–water partition coefficient (Wildman–Crippen LogP) is 1.49. The summed E-state index contributed by atoms with van der Waals surface area (Å²) in [6.07, 6.45) is 2.90. The topological polar surface area (TPSA) is 92.7 Å². The Hall–Kier alpha value is -1.70. The van der Waals surface area contributed by atoms with E-state index >= 15 is 0 Å². The Bertz CT molecular complexity index is 610. The Morgan fingerprint density at radius 1 is 1.48 bits per heavy atom. The van der Waals surface area contributed by atoms with Crippen molar-refractivity contribution >= 4 is 22.1 Å². The summed E-state index contributed by atoms with van der Waals surface area (Å²) in [5.41, 5.74) is 0.500. The molecule has 0 saturated heterocycles. The summed E-state index contributed by atoms with van der Waals surface area (Å²) < 4.78 is 32.0. The van der Waals surface area contributed by atoms with Crippen molar-refractivity contribution in [1.29, 1.82) is 0 Å². The fourth-order valence-electron chi connectivity index (χ4n) is 1.68. The molecular weight excluding hydrogens is 294 g/mol. The van der Waals surface area contributed by atoms with Crippen molar-refractivity contribution in [1.82, 2.24) is 4.72 Å². The van der Waals surface area contributed by atoms with Gasteiger partial charge in [0.15, 0.2) is 0 Å². The number of aliphatic carboxylic acids is 1. The number of hydrogen-bond donors (Lipinski definition) is 2. The van der Waals surface area contributed by atoms with Crippen molar-refractivity contribution in [3.63, 3.8) is 0 Å². The van der Waals surface area contributed by atoms with Gasteiger partial charge in [-0.1, -0.05) is 19.1 Å². The van der Waals surface area contributed by atoms with E-state index in [2.05, 4.69) is 4.72 Å². The Balaban J connectivity index is 2.98. The number of hydrogen-bond acceptors (Lipinski definition) is 4. The Morgan fingerprint density at radius 3 is 2.76 bits per heavy atom. The van der Waals surface area contributed by atoms with E-state index in [-0.39, 0.29) is 17.5 Å². The van der Waals surface area contributed by atoms with Crippen molar-refractivity contribution in [2.24, 2.45) is 0 Å². The molecule has 0 saturated carbocycles. The van der Waals surface area contributed by atoms with Crippen LogP contribution in [0.25, 0.3) is 6.08 Å². The fraction of sp³-hybridized carbons (Fsp3) is 0.357. The number of benzene rings is 1. The van der Waals surface area contributed by atoms with Gasteiger partial charge in [-0.05, 0) is 30.2 Å². The number of ether oxygens (including phenoxy) is 1. The number of carbonyl (C=O) groups is 1. The first-order valence-corrected chi connectivity index (χ1v) is 7.89. The van der Waals surface area contributed by atoms with Gasteiger partial charge < -0.3 is 9.84 Å². The number of rotatable bonds is 8. The average molecular weight is 313 g/mol. The van der Waals surface area contributed by atoms with Crippen LogP contribution in [0.2, 0.25) is 0 Å². The molecule has 0 heterocycles. The minimum atomic E-state index is -3.67. The summed E-state index contributed by atoms with van der Waals surface area (Å²) in [5, 5.41) is 8.58. The van der Waals surface area contributed by atoms with Crippen molar-refractivity contribution in [3.05, 3.63) is 35.9 Å². The first-order valence-electron chi connectivity index (χ1n) is 6.41. The third-order valence-electron chi connectivity index (χ3n) is 2.77. The van der Waals surface area contributed by atoms with Gasteiger partial charge in [-0.2, -0.15) is 0 Å². The molecule has 6 nitrogen and oxygen atoms in total. The van der Waals surface area contributed by atoms with Crippen LogP contribution in [-0.2, 0) is 19.6 Å². The fourth-order valence-corrected chi connectivity index (χ4v) is 3.04. The zero-order valence-corrected chi connectivity index (χ0v) is 12.8. The van der Waals surface area contributed by atoms with E-state index in [4.69, 9.17) is 9.84 Å². The van der Waals surface area contributed by atoms with E-state index in [9.17, 15) is 13.2 Å². The first kappa shape index (κ1) is 17.4. The molecule has 1 unspecified atom stereocenters. The second kappa shape index (κ2) is 7.92. The Morgan fingerprint density at radius 2 is 2.19 bits per heavy atom. The van der Waals surface area contributed by atoms with E-state index in [0.717, 1.165) is 6.08 Å². The Kier molecular flexibility index (Phi) is 6.54. The molecule has 0 aliphatic carbocycles. The van der Waals surface area contributed by atoms with Crippen LogP contribution in [0.15, 0.2) is 35.2 Å². The van der Waals surface area contributed by atoms with Crippen LogP contribution >= 0.6 is 0 Å². The number of methoxy groups -OCH3 is 1. The summed E-state index contributed by atoms with van der Waals surface area (Å²) >= 11 is 0. The number of carboxylic acid groups (broad SMARTS) is 1. The van der Waals surface area contributed by atoms with Gasteiger partial charge in [-0.15, -0.1) is 0 Å². The maximum Gasteiger partial charge on any atom is 0.328 e. The summed E-state index contributed by atoms with van der Waals surface area (Å²) in [5.74, 6) is -1.09. The van der Waals surface area contributed by atoms with Gasteiger partial charge >= 0.3 is 5.97 Å². The van der Waals surface area contributed by atoms with Crippen molar-refractivity contribution in [2.75, 3.05) is 13.7 Å². The molecule has 21 heavy (non-hydrogen) atoms. The lowest BCUT2D eigenvalue weighted by molar-refractivity contribution is -0.131. The molecule has 0 aliphatic rings. The van der Waals surface area contributed by atoms with Crippen LogP contribution in [0.3, 0.4) is 0 Å². The summed E-state index contributed by atoms with van der Waals surface area (Å²) in [6, 6.07) is 5.76. The molecule has 1 atom stereocenters. The summed E-state index contributed by atoms with van der Waals surface area (Å²) in [4.78, 5) is 10.6. The highest BCUT2D eigenvalue weighted by molar-refractivity contribution is 7.89. The molecule has 1 rings (SSSR count). The van der Waals surface area contributed by atoms with Crippen molar-refractivity contribution in [2.45, 2.75) is 24.3 Å². The van der Waals surface area contributed by atoms with Gasteiger partial charge in [-0.25, -0.2) is 17.9 Å². The minimum Gasteiger partial charge on any atom is -0.478 e. The highest BCUT2D eigenvalue weighted by atomic mass is 32.2. The Labute approximate surface area is 124 Å². The highest BCUT2D eigenvalue weighted by Crippen LogP contribution is 2.13. The van der Waals surface area contributed by atoms with E-state index in [1.807, 2.05) is 6.92 Å². The third kappa shape index (κ3) is 5.66. The summed E-state index contributed by atoms with van der Waals surface area (Å²) in [7, 11) is -2.16. The smallest absolute Gasteiger partial charge is 0.328 e. The van der Waals surface area contributed by atoms with Crippen LogP contribution in [0.1, 0.15) is 18.9 Å². The van der Waals surface area contributed by atoms with E-state index in [0.29, 0.717) is 12.0 Å². The second-order valence-electron chi connectivity index (χ2n) is 4.43. The molecule has 0 fully saturated rings. The van der Waals surface area contributed by atoms with Gasteiger partial charge in [0.1, 0.15) is 0 Å². The zero-order valence-electron chi connectivity index (χ0n) is 11.9. The maximum absolute atomic E-state index is 12.3. The van der Waals surface area contributed by atoms with Crippen LogP contribution in [0.5, 0.6) is 0 Å². The monoisotopic (exact) mass is 313 g/mol. The lowest BCUT2D eigenvalue weighted by Gasteiger charge is -2.16. The highest BCUT2D eigenvalue weighted by Gasteiger charge is 2.18. The molecule has 2 N–H and O–H groups in total. The molecule has 0 spiro atoms. The molecular formula is C14H19NO5S. The van der Waals surface area contributed by atoms with Crippen molar-refractivity contribution < 1.29 is 23.1 Å². The number of nitrogens with one attached hydrogen (secondary N) is 1. The minimum absolute atomic E-state index is 0.0876. The number of carboxylic acids is 1.